The van der Waals surface area contributed by atoms with Crippen LogP contribution in [0.2, 0.25) is 0 Å². The first-order valence-electron chi connectivity index (χ1n) is 5.53. The Morgan fingerprint density at radius 3 is 2.61 bits per heavy atom. The number of hydrogen-bond acceptors (Lipinski definition) is 4. The average Bonchev–Trinajstić information content (AvgIpc) is 2.34. The number of rotatable bonds is 5. The summed E-state index contributed by atoms with van der Waals surface area (Å²) in [5.41, 5.74) is 1.49. The maximum atomic E-state index is 11.3. The van der Waals surface area contributed by atoms with Crippen molar-refractivity contribution in [2.45, 2.75) is 13.8 Å². The van der Waals surface area contributed by atoms with E-state index in [0.29, 0.717) is 17.1 Å². The van der Waals surface area contributed by atoms with Crippen molar-refractivity contribution in [3.8, 4) is 5.75 Å². The molecule has 18 heavy (non-hydrogen) atoms. The van der Waals surface area contributed by atoms with Crippen LogP contribution in [0.1, 0.15) is 29.8 Å². The highest BCUT2D eigenvalue weighted by Gasteiger charge is 2.04. The molecule has 0 saturated heterocycles. The molecule has 0 spiro atoms. The molecule has 0 heterocycles. The van der Waals surface area contributed by atoms with Crippen LogP contribution in [0.4, 0.5) is 0 Å². The second kappa shape index (κ2) is 7.01. The summed E-state index contributed by atoms with van der Waals surface area (Å²) in [7, 11) is 1.59. The van der Waals surface area contributed by atoms with E-state index in [-0.39, 0.29) is 10.9 Å². The van der Waals surface area contributed by atoms with E-state index in [1.165, 1.54) is 25.6 Å². The molecule has 0 aliphatic carbocycles. The Bertz CT molecular complexity index is 478. The Balaban J connectivity index is 2.87. The van der Waals surface area contributed by atoms with E-state index in [4.69, 9.17) is 4.74 Å². The number of Topliss-reactive ketones (excluding diaryl/α,β-unsaturated/α-hetero) is 1. The maximum absolute atomic E-state index is 11.3. The van der Waals surface area contributed by atoms with Gasteiger partial charge in [-0.3, -0.25) is 9.59 Å². The van der Waals surface area contributed by atoms with Crippen LogP contribution in [0.15, 0.2) is 24.3 Å². The van der Waals surface area contributed by atoms with E-state index in [1.807, 2.05) is 12.2 Å². The van der Waals surface area contributed by atoms with Gasteiger partial charge in [-0.15, -0.1) is 0 Å². The lowest BCUT2D eigenvalue weighted by Gasteiger charge is -2.06. The van der Waals surface area contributed by atoms with Crippen LogP contribution in [0.3, 0.4) is 0 Å². The number of carbonyl (C=O) groups excluding carboxylic acids is 2. The van der Waals surface area contributed by atoms with Crippen molar-refractivity contribution in [2.75, 3.05) is 12.9 Å². The Hall–Kier alpha value is -1.55. The fraction of sp³-hybridized carbons (Fsp3) is 0.286. The van der Waals surface area contributed by atoms with Crippen LogP contribution in [0.5, 0.6) is 5.75 Å². The van der Waals surface area contributed by atoms with Gasteiger partial charge in [-0.25, -0.2) is 0 Å². The number of thioether (sulfide) groups is 1. The topological polar surface area (TPSA) is 43.4 Å². The van der Waals surface area contributed by atoms with Gasteiger partial charge in [-0.2, -0.15) is 0 Å². The molecule has 0 fully saturated rings. The lowest BCUT2D eigenvalue weighted by atomic mass is 10.1. The molecule has 0 aliphatic heterocycles. The van der Waals surface area contributed by atoms with Crippen LogP contribution >= 0.6 is 11.8 Å². The normalized spacial score (nSPS) is 10.6. The highest BCUT2D eigenvalue weighted by Crippen LogP contribution is 2.22. The summed E-state index contributed by atoms with van der Waals surface area (Å²) >= 11 is 1.24. The van der Waals surface area contributed by atoms with Gasteiger partial charge in [0.2, 0.25) is 0 Å². The van der Waals surface area contributed by atoms with Gasteiger partial charge in [0.1, 0.15) is 5.75 Å². The number of hydrogen-bond donors (Lipinski definition) is 0. The molecule has 1 aromatic carbocycles. The molecule has 96 valence electrons. The zero-order valence-electron chi connectivity index (χ0n) is 10.7. The summed E-state index contributed by atoms with van der Waals surface area (Å²) in [5, 5.41) is 0.0871. The number of ketones is 1. The van der Waals surface area contributed by atoms with Crippen LogP contribution < -0.4 is 4.74 Å². The zero-order valence-corrected chi connectivity index (χ0v) is 11.5. The molecule has 0 aliphatic rings. The number of methoxy groups -OCH3 is 1. The quantitative estimate of drug-likeness (QED) is 0.766. The van der Waals surface area contributed by atoms with Crippen LogP contribution in [0, 0.1) is 0 Å². The molecule has 0 atom stereocenters. The monoisotopic (exact) mass is 264 g/mol. The fourth-order valence-corrected chi connectivity index (χ4v) is 1.85. The van der Waals surface area contributed by atoms with Gasteiger partial charge in [0, 0.05) is 23.8 Å². The van der Waals surface area contributed by atoms with Crippen molar-refractivity contribution in [1.82, 2.24) is 0 Å². The lowest BCUT2D eigenvalue weighted by Crippen LogP contribution is -1.94. The zero-order chi connectivity index (χ0) is 13.5. The van der Waals surface area contributed by atoms with Gasteiger partial charge >= 0.3 is 0 Å². The molecule has 1 aromatic rings. The van der Waals surface area contributed by atoms with E-state index >= 15 is 0 Å². The highest BCUT2D eigenvalue weighted by atomic mass is 32.2. The van der Waals surface area contributed by atoms with Gasteiger partial charge in [0.15, 0.2) is 10.9 Å². The minimum Gasteiger partial charge on any atom is -0.496 e. The SMILES string of the molecule is COc1ccc(C(C)=O)cc1C=CCSC(C)=O. The third-order valence-electron chi connectivity index (χ3n) is 2.32. The van der Waals surface area contributed by atoms with Crippen molar-refractivity contribution in [2.24, 2.45) is 0 Å². The van der Waals surface area contributed by atoms with E-state index in [9.17, 15) is 9.59 Å². The number of ether oxygens (including phenoxy) is 1. The Morgan fingerprint density at radius 2 is 2.06 bits per heavy atom. The standard InChI is InChI=1S/C14H16O3S/c1-10(15)12-6-7-14(17-3)13(9-12)5-4-8-18-11(2)16/h4-7,9H,8H2,1-3H3. The number of benzene rings is 1. The van der Waals surface area contributed by atoms with Gasteiger partial charge in [-0.1, -0.05) is 23.9 Å². The Morgan fingerprint density at radius 1 is 1.33 bits per heavy atom. The van der Waals surface area contributed by atoms with E-state index < -0.39 is 0 Å². The minimum atomic E-state index is 0.0189. The van der Waals surface area contributed by atoms with Gasteiger partial charge in [0.25, 0.3) is 0 Å². The van der Waals surface area contributed by atoms with Crippen molar-refractivity contribution < 1.29 is 14.3 Å². The van der Waals surface area contributed by atoms with Crippen molar-refractivity contribution in [3.05, 3.63) is 35.4 Å². The molecule has 0 aromatic heterocycles. The number of carbonyl (C=O) groups is 2. The molecular formula is C14H16O3S. The molecule has 3 nitrogen and oxygen atoms in total. The summed E-state index contributed by atoms with van der Waals surface area (Å²) in [5.74, 6) is 1.34. The average molecular weight is 264 g/mol. The predicted octanol–water partition coefficient (Wildman–Crippen LogP) is 3.19. The summed E-state index contributed by atoms with van der Waals surface area (Å²) in [6.45, 7) is 3.07. The first-order valence-corrected chi connectivity index (χ1v) is 6.52. The van der Waals surface area contributed by atoms with Crippen molar-refractivity contribution in [3.63, 3.8) is 0 Å². The van der Waals surface area contributed by atoms with Crippen LogP contribution in [0.25, 0.3) is 6.08 Å². The first-order chi connectivity index (χ1) is 8.54. The summed E-state index contributed by atoms with van der Waals surface area (Å²) in [6, 6.07) is 5.30. The second-order valence-electron chi connectivity index (χ2n) is 3.72. The molecule has 1 rings (SSSR count). The van der Waals surface area contributed by atoms with E-state index in [1.54, 1.807) is 25.3 Å². The molecule has 4 heteroatoms. The Labute approximate surface area is 111 Å². The molecule has 0 N–H and O–H groups in total. The maximum Gasteiger partial charge on any atom is 0.186 e. The van der Waals surface area contributed by atoms with Crippen molar-refractivity contribution >= 4 is 28.7 Å². The summed E-state index contributed by atoms with van der Waals surface area (Å²) in [6.07, 6.45) is 3.75. The molecular weight excluding hydrogens is 248 g/mol. The molecule has 0 bridgehead atoms. The minimum absolute atomic E-state index is 0.0189. The third-order valence-corrected chi connectivity index (χ3v) is 3.08. The van der Waals surface area contributed by atoms with Gasteiger partial charge in [-0.05, 0) is 25.1 Å². The van der Waals surface area contributed by atoms with E-state index in [2.05, 4.69) is 0 Å². The van der Waals surface area contributed by atoms with Crippen molar-refractivity contribution in [1.29, 1.82) is 0 Å². The molecule has 0 saturated carbocycles. The van der Waals surface area contributed by atoms with Gasteiger partial charge in [0.05, 0.1) is 7.11 Å². The smallest absolute Gasteiger partial charge is 0.186 e. The fourth-order valence-electron chi connectivity index (χ4n) is 1.42. The van der Waals surface area contributed by atoms with Crippen LogP contribution in [-0.4, -0.2) is 23.8 Å². The second-order valence-corrected chi connectivity index (χ2v) is 4.91. The largest absolute Gasteiger partial charge is 0.496 e. The molecule has 0 amide bonds. The van der Waals surface area contributed by atoms with Crippen LogP contribution in [-0.2, 0) is 4.79 Å². The lowest BCUT2D eigenvalue weighted by molar-refractivity contribution is -0.109. The highest BCUT2D eigenvalue weighted by molar-refractivity contribution is 8.13. The molecule has 0 unspecified atom stereocenters. The first kappa shape index (κ1) is 14.5. The summed E-state index contributed by atoms with van der Waals surface area (Å²) < 4.78 is 5.22. The van der Waals surface area contributed by atoms with E-state index in [0.717, 1.165) is 5.56 Å². The Kier molecular flexibility index (Phi) is 5.65. The summed E-state index contributed by atoms with van der Waals surface area (Å²) in [4.78, 5) is 22.1. The van der Waals surface area contributed by atoms with Gasteiger partial charge < -0.3 is 4.74 Å². The molecule has 0 radical (unpaired) electrons. The predicted molar refractivity (Wildman–Crippen MR) is 75.2 cm³/mol. The third kappa shape index (κ3) is 4.37.